The van der Waals surface area contributed by atoms with E-state index in [4.69, 9.17) is 4.74 Å². The molecule has 1 aliphatic heterocycles. The van der Waals surface area contributed by atoms with Crippen LogP contribution in [0.15, 0.2) is 24.3 Å². The Morgan fingerprint density at radius 1 is 1.37 bits per heavy atom. The van der Waals surface area contributed by atoms with Gasteiger partial charge >= 0.3 is 0 Å². The van der Waals surface area contributed by atoms with Gasteiger partial charge in [-0.1, -0.05) is 32.0 Å². The van der Waals surface area contributed by atoms with Crippen molar-refractivity contribution in [3.8, 4) is 0 Å². The number of morpholine rings is 1. The maximum atomic E-state index is 12.7. The second-order valence-electron chi connectivity index (χ2n) is 5.10. The van der Waals surface area contributed by atoms with Gasteiger partial charge in [0.2, 0.25) is 0 Å². The van der Waals surface area contributed by atoms with Crippen LogP contribution in [0.1, 0.15) is 50.3 Å². The quantitative estimate of drug-likeness (QED) is 0.896. The van der Waals surface area contributed by atoms with Crippen LogP contribution in [-0.2, 0) is 4.74 Å². The van der Waals surface area contributed by atoms with Crippen molar-refractivity contribution >= 4 is 0 Å². The van der Waals surface area contributed by atoms with E-state index in [0.717, 1.165) is 24.9 Å². The van der Waals surface area contributed by atoms with E-state index in [1.807, 2.05) is 6.07 Å². The van der Waals surface area contributed by atoms with Crippen LogP contribution in [0, 0.1) is 0 Å². The maximum Gasteiger partial charge on any atom is 0.263 e. The summed E-state index contributed by atoms with van der Waals surface area (Å²) in [5.74, 6) is 0. The molecule has 1 unspecified atom stereocenters. The standard InChI is InChI=1S/C15H21F2NO/c1-3-15(4-2)10-18-9-13(19-15)11-6-5-7-12(8-11)14(16)17/h5-8,13-14,18H,3-4,9-10H2,1-2H3. The van der Waals surface area contributed by atoms with Crippen molar-refractivity contribution in [2.75, 3.05) is 13.1 Å². The number of nitrogens with one attached hydrogen (secondary N) is 1. The third-order valence-electron chi connectivity index (χ3n) is 3.99. The van der Waals surface area contributed by atoms with Gasteiger partial charge in [0, 0.05) is 18.7 Å². The first kappa shape index (κ1) is 14.4. The van der Waals surface area contributed by atoms with Gasteiger partial charge in [0.25, 0.3) is 6.43 Å². The zero-order chi connectivity index (χ0) is 13.9. The first-order chi connectivity index (χ1) is 9.10. The lowest BCUT2D eigenvalue weighted by atomic mass is 9.93. The summed E-state index contributed by atoms with van der Waals surface area (Å²) < 4.78 is 31.7. The molecule has 1 fully saturated rings. The smallest absolute Gasteiger partial charge is 0.263 e. The average molecular weight is 269 g/mol. The summed E-state index contributed by atoms with van der Waals surface area (Å²) in [6, 6.07) is 6.55. The van der Waals surface area contributed by atoms with Gasteiger partial charge in [-0.3, -0.25) is 0 Å². The Kier molecular flexibility index (Phi) is 4.53. The summed E-state index contributed by atoms with van der Waals surface area (Å²) in [5.41, 5.74) is 0.713. The van der Waals surface area contributed by atoms with Crippen LogP contribution in [0.5, 0.6) is 0 Å². The molecule has 1 saturated heterocycles. The molecule has 19 heavy (non-hydrogen) atoms. The zero-order valence-electron chi connectivity index (χ0n) is 11.5. The van der Waals surface area contributed by atoms with Gasteiger partial charge in [-0.25, -0.2) is 8.78 Å². The minimum Gasteiger partial charge on any atom is -0.364 e. The minimum absolute atomic E-state index is 0.0604. The highest BCUT2D eigenvalue weighted by Gasteiger charge is 2.34. The Bertz CT molecular complexity index is 418. The summed E-state index contributed by atoms with van der Waals surface area (Å²) in [4.78, 5) is 0. The Balaban J connectivity index is 2.19. The molecular weight excluding hydrogens is 248 g/mol. The number of hydrogen-bond acceptors (Lipinski definition) is 2. The van der Waals surface area contributed by atoms with Crippen LogP contribution in [0.3, 0.4) is 0 Å². The van der Waals surface area contributed by atoms with E-state index in [0.29, 0.717) is 6.54 Å². The van der Waals surface area contributed by atoms with Gasteiger partial charge in [0.05, 0.1) is 11.7 Å². The van der Waals surface area contributed by atoms with E-state index in [2.05, 4.69) is 19.2 Å². The van der Waals surface area contributed by atoms with E-state index < -0.39 is 6.43 Å². The highest BCUT2D eigenvalue weighted by atomic mass is 19.3. The Morgan fingerprint density at radius 3 is 2.74 bits per heavy atom. The molecule has 1 aromatic carbocycles. The highest BCUT2D eigenvalue weighted by molar-refractivity contribution is 5.26. The normalized spacial score (nSPS) is 22.7. The summed E-state index contributed by atoms with van der Waals surface area (Å²) >= 11 is 0. The SMILES string of the molecule is CCC1(CC)CNCC(c2cccc(C(F)F)c2)O1. The van der Waals surface area contributed by atoms with Gasteiger partial charge in [-0.15, -0.1) is 0 Å². The predicted molar refractivity (Wildman–Crippen MR) is 71.4 cm³/mol. The van der Waals surface area contributed by atoms with Gasteiger partial charge in [-0.05, 0) is 24.5 Å². The first-order valence-electron chi connectivity index (χ1n) is 6.87. The topological polar surface area (TPSA) is 21.3 Å². The number of rotatable bonds is 4. The van der Waals surface area contributed by atoms with Crippen molar-refractivity contribution in [2.45, 2.75) is 44.8 Å². The third kappa shape index (κ3) is 3.12. The number of hydrogen-bond donors (Lipinski definition) is 1. The third-order valence-corrected chi connectivity index (χ3v) is 3.99. The molecule has 2 rings (SSSR count). The molecule has 1 heterocycles. The Morgan fingerprint density at radius 2 is 2.11 bits per heavy atom. The molecule has 0 saturated carbocycles. The van der Waals surface area contributed by atoms with Crippen LogP contribution in [0.25, 0.3) is 0 Å². The van der Waals surface area contributed by atoms with Gasteiger partial charge < -0.3 is 10.1 Å². The maximum absolute atomic E-state index is 12.7. The van der Waals surface area contributed by atoms with Crippen molar-refractivity contribution in [1.29, 1.82) is 0 Å². The number of benzene rings is 1. The number of ether oxygens (including phenoxy) is 1. The van der Waals surface area contributed by atoms with E-state index in [9.17, 15) is 8.78 Å². The molecule has 106 valence electrons. The van der Waals surface area contributed by atoms with Crippen molar-refractivity contribution in [2.24, 2.45) is 0 Å². The molecule has 1 N–H and O–H groups in total. The number of alkyl halides is 2. The molecule has 4 heteroatoms. The van der Waals surface area contributed by atoms with Crippen LogP contribution in [-0.4, -0.2) is 18.7 Å². The molecule has 0 amide bonds. The largest absolute Gasteiger partial charge is 0.364 e. The Labute approximate surface area is 113 Å². The number of halogens is 2. The summed E-state index contributed by atoms with van der Waals surface area (Å²) in [7, 11) is 0. The lowest BCUT2D eigenvalue weighted by molar-refractivity contribution is -0.122. The zero-order valence-corrected chi connectivity index (χ0v) is 11.5. The van der Waals surface area contributed by atoms with Crippen LogP contribution >= 0.6 is 0 Å². The summed E-state index contributed by atoms with van der Waals surface area (Å²) in [6.07, 6.45) is -0.741. The monoisotopic (exact) mass is 269 g/mol. The fourth-order valence-electron chi connectivity index (χ4n) is 2.56. The van der Waals surface area contributed by atoms with E-state index in [1.165, 1.54) is 6.07 Å². The van der Waals surface area contributed by atoms with Crippen molar-refractivity contribution in [3.05, 3.63) is 35.4 Å². The highest BCUT2D eigenvalue weighted by Crippen LogP contribution is 2.33. The van der Waals surface area contributed by atoms with Crippen LogP contribution < -0.4 is 5.32 Å². The molecule has 1 aliphatic rings. The molecule has 0 bridgehead atoms. The fraction of sp³-hybridized carbons (Fsp3) is 0.600. The molecule has 1 aromatic rings. The van der Waals surface area contributed by atoms with Gasteiger partial charge in [0.1, 0.15) is 0 Å². The Hall–Kier alpha value is -1.00. The van der Waals surface area contributed by atoms with Crippen molar-refractivity contribution < 1.29 is 13.5 Å². The molecular formula is C15H21F2NO. The van der Waals surface area contributed by atoms with E-state index in [-0.39, 0.29) is 17.3 Å². The molecule has 0 radical (unpaired) electrons. The molecule has 0 aliphatic carbocycles. The fourth-order valence-corrected chi connectivity index (χ4v) is 2.56. The lowest BCUT2D eigenvalue weighted by Crippen LogP contribution is -2.50. The van der Waals surface area contributed by atoms with Crippen molar-refractivity contribution in [1.82, 2.24) is 5.32 Å². The predicted octanol–water partition coefficient (Wildman–Crippen LogP) is 3.84. The molecule has 2 nitrogen and oxygen atoms in total. The molecule has 0 aromatic heterocycles. The van der Waals surface area contributed by atoms with Crippen LogP contribution in [0.4, 0.5) is 8.78 Å². The molecule has 1 atom stereocenters. The second kappa shape index (κ2) is 5.97. The summed E-state index contributed by atoms with van der Waals surface area (Å²) in [5, 5.41) is 3.36. The van der Waals surface area contributed by atoms with Gasteiger partial charge in [-0.2, -0.15) is 0 Å². The molecule has 0 spiro atoms. The summed E-state index contributed by atoms with van der Waals surface area (Å²) in [6.45, 7) is 5.70. The van der Waals surface area contributed by atoms with E-state index >= 15 is 0 Å². The lowest BCUT2D eigenvalue weighted by Gasteiger charge is -2.41. The average Bonchev–Trinajstić information content (AvgIpc) is 2.47. The second-order valence-corrected chi connectivity index (χ2v) is 5.10. The van der Waals surface area contributed by atoms with Gasteiger partial charge in [0.15, 0.2) is 0 Å². The minimum atomic E-state index is -2.43. The van der Waals surface area contributed by atoms with E-state index in [1.54, 1.807) is 12.1 Å². The van der Waals surface area contributed by atoms with Crippen LogP contribution in [0.2, 0.25) is 0 Å². The first-order valence-corrected chi connectivity index (χ1v) is 6.87. The van der Waals surface area contributed by atoms with Crippen molar-refractivity contribution in [3.63, 3.8) is 0 Å².